The first-order chi connectivity index (χ1) is 6.59. The maximum atomic E-state index is 11.3. The Balaban J connectivity index is 2.51. The van der Waals surface area contributed by atoms with E-state index in [0.717, 1.165) is 0 Å². The Morgan fingerprint density at radius 1 is 1.36 bits per heavy atom. The predicted octanol–water partition coefficient (Wildman–Crippen LogP) is 0.799. The van der Waals surface area contributed by atoms with Crippen LogP contribution in [0.1, 0.15) is 17.2 Å². The summed E-state index contributed by atoms with van der Waals surface area (Å²) in [5, 5.41) is 4.52. The molecule has 1 aromatic carbocycles. The zero-order chi connectivity index (χ0) is 10.2. The lowest BCUT2D eigenvalue weighted by Crippen LogP contribution is -2.26. The van der Waals surface area contributed by atoms with Crippen molar-refractivity contribution in [3.63, 3.8) is 0 Å². The van der Waals surface area contributed by atoms with E-state index in [-0.39, 0.29) is 0 Å². The summed E-state index contributed by atoms with van der Waals surface area (Å²) in [7, 11) is -3.52. The number of benzene rings is 1. The van der Waals surface area contributed by atoms with Gasteiger partial charge < -0.3 is 4.74 Å². The summed E-state index contributed by atoms with van der Waals surface area (Å²) in [6.45, 7) is 0.401. The highest BCUT2D eigenvalue weighted by Crippen LogP contribution is 2.35. The molecule has 14 heavy (non-hydrogen) atoms. The summed E-state index contributed by atoms with van der Waals surface area (Å²) in [6.07, 6.45) is 0.426. The summed E-state index contributed by atoms with van der Waals surface area (Å²) in [4.78, 5) is 0. The lowest BCUT2D eigenvalue weighted by Gasteiger charge is -2.23. The fourth-order valence-corrected chi connectivity index (χ4v) is 2.62. The molecule has 0 saturated heterocycles. The van der Waals surface area contributed by atoms with Crippen molar-refractivity contribution in [1.82, 2.24) is 0 Å². The smallest absolute Gasteiger partial charge is 0.216 e. The van der Waals surface area contributed by atoms with Crippen molar-refractivity contribution in [2.45, 2.75) is 11.7 Å². The third-order valence-corrected chi connectivity index (χ3v) is 3.58. The van der Waals surface area contributed by atoms with Crippen molar-refractivity contribution in [2.75, 3.05) is 6.61 Å². The van der Waals surface area contributed by atoms with Crippen LogP contribution in [0.2, 0.25) is 0 Å². The zero-order valence-electron chi connectivity index (χ0n) is 7.51. The van der Waals surface area contributed by atoms with Crippen LogP contribution in [0.15, 0.2) is 24.3 Å². The van der Waals surface area contributed by atoms with Crippen LogP contribution >= 0.6 is 0 Å². The number of para-hydroxylation sites is 1. The fourth-order valence-electron chi connectivity index (χ4n) is 1.65. The Hall–Kier alpha value is -1.07. The molecule has 1 aromatic rings. The average molecular weight is 213 g/mol. The topological polar surface area (TPSA) is 69.4 Å². The third-order valence-electron chi connectivity index (χ3n) is 2.30. The minimum absolute atomic E-state index is 0.401. The molecule has 0 aliphatic carbocycles. The van der Waals surface area contributed by atoms with Crippen molar-refractivity contribution < 1.29 is 13.2 Å². The minimum Gasteiger partial charge on any atom is -0.493 e. The Bertz CT molecular complexity index is 441. The van der Waals surface area contributed by atoms with Gasteiger partial charge in [0, 0.05) is 12.0 Å². The second-order valence-electron chi connectivity index (χ2n) is 3.25. The summed E-state index contributed by atoms with van der Waals surface area (Å²) < 4.78 is 27.9. The van der Waals surface area contributed by atoms with E-state index < -0.39 is 15.3 Å². The molecule has 2 rings (SSSR count). The Morgan fingerprint density at radius 2 is 2.07 bits per heavy atom. The molecule has 0 amide bonds. The first kappa shape index (κ1) is 9.48. The summed E-state index contributed by atoms with van der Waals surface area (Å²) in [5.41, 5.74) is 0.668. The van der Waals surface area contributed by atoms with Gasteiger partial charge in [0.05, 0.1) is 6.61 Å². The van der Waals surface area contributed by atoms with Crippen molar-refractivity contribution in [3.05, 3.63) is 29.8 Å². The maximum Gasteiger partial charge on any atom is 0.216 e. The van der Waals surface area contributed by atoms with Crippen molar-refractivity contribution >= 4 is 10.0 Å². The summed E-state index contributed by atoms with van der Waals surface area (Å²) in [5.74, 6) is 0.623. The highest BCUT2D eigenvalue weighted by atomic mass is 32.2. The van der Waals surface area contributed by atoms with E-state index in [1.54, 1.807) is 18.2 Å². The van der Waals surface area contributed by atoms with Crippen molar-refractivity contribution in [3.8, 4) is 5.75 Å². The molecular weight excluding hydrogens is 202 g/mol. The molecule has 0 fully saturated rings. The summed E-state index contributed by atoms with van der Waals surface area (Å²) >= 11 is 0. The number of sulfonamides is 1. The van der Waals surface area contributed by atoms with E-state index >= 15 is 0 Å². The average Bonchev–Trinajstić information content (AvgIpc) is 2.15. The standard InChI is InChI=1S/C9H11NO3S/c10-14(11,12)9-5-6-13-8-4-2-1-3-7(8)9/h1-4,9H,5-6H2,(H2,10,11,12)/t9-/m1/s1. The molecular formula is C9H11NO3S. The van der Waals surface area contributed by atoms with Crippen LogP contribution in [0.4, 0.5) is 0 Å². The first-order valence-corrected chi connectivity index (χ1v) is 5.93. The second kappa shape index (κ2) is 3.25. The lowest BCUT2D eigenvalue weighted by atomic mass is 10.1. The van der Waals surface area contributed by atoms with E-state index in [4.69, 9.17) is 9.88 Å². The normalized spacial score (nSPS) is 21.1. The first-order valence-electron chi connectivity index (χ1n) is 4.32. The molecule has 0 aromatic heterocycles. The molecule has 0 spiro atoms. The van der Waals surface area contributed by atoms with Crippen LogP contribution in [0, 0.1) is 0 Å². The van der Waals surface area contributed by atoms with Crippen molar-refractivity contribution in [2.24, 2.45) is 5.14 Å². The van der Waals surface area contributed by atoms with Gasteiger partial charge in [-0.2, -0.15) is 0 Å². The number of hydrogen-bond acceptors (Lipinski definition) is 3. The predicted molar refractivity (Wildman–Crippen MR) is 52.4 cm³/mol. The molecule has 0 radical (unpaired) electrons. The van der Waals surface area contributed by atoms with Gasteiger partial charge >= 0.3 is 0 Å². The van der Waals surface area contributed by atoms with Crippen LogP contribution in [-0.4, -0.2) is 15.0 Å². The molecule has 1 atom stereocenters. The molecule has 1 aliphatic rings. The van der Waals surface area contributed by atoms with E-state index in [1.165, 1.54) is 0 Å². The molecule has 1 heterocycles. The quantitative estimate of drug-likeness (QED) is 0.750. The number of hydrogen-bond donors (Lipinski definition) is 1. The Morgan fingerprint density at radius 3 is 2.79 bits per heavy atom. The number of fused-ring (bicyclic) bond motifs is 1. The number of primary sulfonamides is 1. The Labute approximate surface area is 82.7 Å². The molecule has 76 valence electrons. The van der Waals surface area contributed by atoms with Crippen LogP contribution in [0.25, 0.3) is 0 Å². The van der Waals surface area contributed by atoms with Gasteiger partial charge in [0.2, 0.25) is 10.0 Å². The zero-order valence-corrected chi connectivity index (χ0v) is 8.33. The van der Waals surface area contributed by atoms with Gasteiger partial charge in [-0.1, -0.05) is 18.2 Å². The highest BCUT2D eigenvalue weighted by molar-refractivity contribution is 7.89. The molecule has 0 unspecified atom stereocenters. The minimum atomic E-state index is -3.52. The molecule has 1 aliphatic heterocycles. The van der Waals surface area contributed by atoms with Crippen LogP contribution in [-0.2, 0) is 10.0 Å². The maximum absolute atomic E-state index is 11.3. The monoisotopic (exact) mass is 213 g/mol. The number of nitrogens with two attached hydrogens (primary N) is 1. The second-order valence-corrected chi connectivity index (χ2v) is 5.00. The molecule has 4 nitrogen and oxygen atoms in total. The molecule has 0 saturated carbocycles. The van der Waals surface area contributed by atoms with Gasteiger partial charge in [-0.3, -0.25) is 0 Å². The number of ether oxygens (including phenoxy) is 1. The van der Waals surface area contributed by atoms with Crippen LogP contribution in [0.5, 0.6) is 5.75 Å². The van der Waals surface area contributed by atoms with E-state index in [9.17, 15) is 8.42 Å². The van der Waals surface area contributed by atoms with Gasteiger partial charge in [-0.25, -0.2) is 13.6 Å². The van der Waals surface area contributed by atoms with Crippen LogP contribution < -0.4 is 9.88 Å². The SMILES string of the molecule is NS(=O)(=O)[C@@H]1CCOc2ccccc21. The lowest BCUT2D eigenvalue weighted by molar-refractivity contribution is 0.283. The van der Waals surface area contributed by atoms with Gasteiger partial charge in [-0.05, 0) is 6.07 Å². The molecule has 5 heteroatoms. The van der Waals surface area contributed by atoms with Crippen LogP contribution in [0.3, 0.4) is 0 Å². The van der Waals surface area contributed by atoms with Gasteiger partial charge in [0.25, 0.3) is 0 Å². The van der Waals surface area contributed by atoms with E-state index in [0.29, 0.717) is 24.3 Å². The van der Waals surface area contributed by atoms with Gasteiger partial charge in [0.15, 0.2) is 0 Å². The Kier molecular flexibility index (Phi) is 2.20. The van der Waals surface area contributed by atoms with E-state index in [1.807, 2.05) is 6.07 Å². The van der Waals surface area contributed by atoms with Gasteiger partial charge in [-0.15, -0.1) is 0 Å². The largest absolute Gasteiger partial charge is 0.493 e. The fraction of sp³-hybridized carbons (Fsp3) is 0.333. The molecule has 0 bridgehead atoms. The van der Waals surface area contributed by atoms with Crippen molar-refractivity contribution in [1.29, 1.82) is 0 Å². The van der Waals surface area contributed by atoms with E-state index in [2.05, 4.69) is 0 Å². The third kappa shape index (κ3) is 1.60. The number of rotatable bonds is 1. The van der Waals surface area contributed by atoms with Gasteiger partial charge in [0.1, 0.15) is 11.0 Å². The highest BCUT2D eigenvalue weighted by Gasteiger charge is 2.29. The molecule has 2 N–H and O–H groups in total. The summed E-state index contributed by atoms with van der Waals surface area (Å²) in [6, 6.07) is 7.09.